The number of piperidine rings is 2. The van der Waals surface area contributed by atoms with Gasteiger partial charge in [-0.1, -0.05) is 0 Å². The number of carbonyl (C=O) groups excluding carboxylic acids is 1. The first-order valence-corrected chi connectivity index (χ1v) is 9.35. The van der Waals surface area contributed by atoms with Crippen LogP contribution < -0.4 is 0 Å². The number of rotatable bonds is 3. The lowest BCUT2D eigenvalue weighted by Gasteiger charge is -2.41. The molecule has 2 aliphatic heterocycles. The molecule has 0 aliphatic carbocycles. The number of benzene rings is 1. The van der Waals surface area contributed by atoms with Gasteiger partial charge in [0.1, 0.15) is 5.82 Å². The molecule has 6 nitrogen and oxygen atoms in total. The minimum Gasteiger partial charge on any atom is -0.381 e. The van der Waals surface area contributed by atoms with Gasteiger partial charge in [-0.25, -0.2) is 4.39 Å². The number of hydrogen-bond acceptors (Lipinski definition) is 4. The van der Waals surface area contributed by atoms with Crippen LogP contribution in [-0.2, 0) is 4.74 Å². The standard InChI is InChI=1S/C19H25FN4O2/c1-26-15-6-10-23(11-7-15)14-4-8-24(9-5-14)19(25)18-16-3-2-13(20)12-17(16)21-22-18/h2-3,12,14-15H,4-11H2,1H3,(H,21,22). The van der Waals surface area contributed by atoms with Gasteiger partial charge in [0, 0.05) is 44.7 Å². The molecule has 2 saturated heterocycles. The van der Waals surface area contributed by atoms with Crippen LogP contribution in [0.25, 0.3) is 10.9 Å². The van der Waals surface area contributed by atoms with Crippen LogP contribution in [0.15, 0.2) is 18.2 Å². The van der Waals surface area contributed by atoms with Crippen molar-refractivity contribution in [2.24, 2.45) is 0 Å². The normalized spacial score (nSPS) is 20.8. The van der Waals surface area contributed by atoms with Crippen molar-refractivity contribution in [3.8, 4) is 0 Å². The summed E-state index contributed by atoms with van der Waals surface area (Å²) in [5.41, 5.74) is 0.948. The molecule has 1 N–H and O–H groups in total. The Hall–Kier alpha value is -1.99. The van der Waals surface area contributed by atoms with Crippen LogP contribution in [0.5, 0.6) is 0 Å². The maximum Gasteiger partial charge on any atom is 0.274 e. The Kier molecular flexibility index (Phi) is 4.91. The highest BCUT2D eigenvalue weighted by Crippen LogP contribution is 2.24. The van der Waals surface area contributed by atoms with Gasteiger partial charge < -0.3 is 14.5 Å². The smallest absolute Gasteiger partial charge is 0.274 e. The molecule has 26 heavy (non-hydrogen) atoms. The summed E-state index contributed by atoms with van der Waals surface area (Å²) < 4.78 is 18.8. The molecule has 4 rings (SSSR count). The van der Waals surface area contributed by atoms with Gasteiger partial charge in [0.15, 0.2) is 5.69 Å². The maximum atomic E-state index is 13.3. The molecule has 2 aliphatic rings. The van der Waals surface area contributed by atoms with Crippen molar-refractivity contribution < 1.29 is 13.9 Å². The number of carbonyl (C=O) groups is 1. The molecule has 0 bridgehead atoms. The number of amides is 1. The van der Waals surface area contributed by atoms with Gasteiger partial charge in [-0.3, -0.25) is 9.89 Å². The van der Waals surface area contributed by atoms with Crippen LogP contribution >= 0.6 is 0 Å². The summed E-state index contributed by atoms with van der Waals surface area (Å²) in [5, 5.41) is 7.57. The third-order valence-corrected chi connectivity index (χ3v) is 5.81. The van der Waals surface area contributed by atoms with Gasteiger partial charge in [-0.05, 0) is 43.9 Å². The fourth-order valence-electron chi connectivity index (χ4n) is 4.22. The zero-order chi connectivity index (χ0) is 18.1. The van der Waals surface area contributed by atoms with E-state index >= 15 is 0 Å². The van der Waals surface area contributed by atoms with E-state index in [-0.39, 0.29) is 11.7 Å². The average molecular weight is 360 g/mol. The number of aromatic nitrogens is 2. The number of fused-ring (bicyclic) bond motifs is 1. The SMILES string of the molecule is COC1CCN(C2CCN(C(=O)c3n[nH]c4cc(F)ccc34)CC2)CC1. The second-order valence-electron chi connectivity index (χ2n) is 7.26. The van der Waals surface area contributed by atoms with Crippen LogP contribution in [0.3, 0.4) is 0 Å². The van der Waals surface area contributed by atoms with Gasteiger partial charge in [0.25, 0.3) is 5.91 Å². The quantitative estimate of drug-likeness (QED) is 0.913. The first kappa shape index (κ1) is 17.4. The largest absolute Gasteiger partial charge is 0.381 e. The molecule has 1 aromatic heterocycles. The van der Waals surface area contributed by atoms with Gasteiger partial charge >= 0.3 is 0 Å². The van der Waals surface area contributed by atoms with Crippen LogP contribution in [-0.4, -0.2) is 71.3 Å². The van der Waals surface area contributed by atoms with Crippen molar-refractivity contribution in [3.63, 3.8) is 0 Å². The molecule has 0 saturated carbocycles. The highest BCUT2D eigenvalue weighted by Gasteiger charge is 2.31. The summed E-state index contributed by atoms with van der Waals surface area (Å²) in [6.07, 6.45) is 4.54. The summed E-state index contributed by atoms with van der Waals surface area (Å²) in [7, 11) is 1.79. The summed E-state index contributed by atoms with van der Waals surface area (Å²) in [6.45, 7) is 3.63. The minimum absolute atomic E-state index is 0.0700. The predicted molar refractivity (Wildman–Crippen MR) is 96.6 cm³/mol. The van der Waals surface area contributed by atoms with E-state index < -0.39 is 0 Å². The van der Waals surface area contributed by atoms with E-state index in [1.165, 1.54) is 12.1 Å². The van der Waals surface area contributed by atoms with Gasteiger partial charge in [-0.2, -0.15) is 5.10 Å². The van der Waals surface area contributed by atoms with Crippen LogP contribution in [0.2, 0.25) is 0 Å². The van der Waals surface area contributed by atoms with E-state index in [0.717, 1.165) is 51.9 Å². The molecular formula is C19H25FN4O2. The fourth-order valence-corrected chi connectivity index (χ4v) is 4.22. The zero-order valence-electron chi connectivity index (χ0n) is 15.1. The lowest BCUT2D eigenvalue weighted by Crippen LogP contribution is -2.49. The van der Waals surface area contributed by atoms with Crippen molar-refractivity contribution in [1.29, 1.82) is 0 Å². The minimum atomic E-state index is -0.335. The van der Waals surface area contributed by atoms with E-state index in [1.54, 1.807) is 13.2 Å². The maximum absolute atomic E-state index is 13.3. The first-order valence-electron chi connectivity index (χ1n) is 9.35. The van der Waals surface area contributed by atoms with Crippen molar-refractivity contribution in [3.05, 3.63) is 29.7 Å². The predicted octanol–water partition coefficient (Wildman–Crippen LogP) is 2.42. The molecule has 3 heterocycles. The Labute approximate surface area is 152 Å². The number of nitrogens with zero attached hydrogens (tertiary/aromatic N) is 3. The number of halogens is 1. The number of ether oxygens (including phenoxy) is 1. The number of methoxy groups -OCH3 is 1. The molecule has 1 aromatic carbocycles. The number of nitrogens with one attached hydrogen (secondary N) is 1. The molecular weight excluding hydrogens is 335 g/mol. The van der Waals surface area contributed by atoms with Gasteiger partial charge in [-0.15, -0.1) is 0 Å². The number of H-pyrrole nitrogens is 1. The summed E-state index contributed by atoms with van der Waals surface area (Å²) in [4.78, 5) is 17.3. The average Bonchev–Trinajstić information content (AvgIpc) is 3.10. The fraction of sp³-hybridized carbons (Fsp3) is 0.579. The molecule has 0 atom stereocenters. The summed E-state index contributed by atoms with van der Waals surface area (Å²) in [5.74, 6) is -0.405. The Morgan fingerprint density at radius 1 is 1.19 bits per heavy atom. The van der Waals surface area contributed by atoms with Gasteiger partial charge in [0.2, 0.25) is 0 Å². The van der Waals surface area contributed by atoms with E-state index in [0.29, 0.717) is 28.7 Å². The molecule has 2 aromatic rings. The highest BCUT2D eigenvalue weighted by molar-refractivity contribution is 6.04. The first-order chi connectivity index (χ1) is 12.7. The second kappa shape index (κ2) is 7.32. The van der Waals surface area contributed by atoms with Gasteiger partial charge in [0.05, 0.1) is 11.6 Å². The van der Waals surface area contributed by atoms with Crippen molar-refractivity contribution >= 4 is 16.8 Å². The van der Waals surface area contributed by atoms with Crippen LogP contribution in [0, 0.1) is 5.82 Å². The molecule has 0 radical (unpaired) electrons. The molecule has 140 valence electrons. The second-order valence-corrected chi connectivity index (χ2v) is 7.26. The van der Waals surface area contributed by atoms with Crippen LogP contribution in [0.4, 0.5) is 4.39 Å². The van der Waals surface area contributed by atoms with Crippen molar-refractivity contribution in [2.45, 2.75) is 37.8 Å². The summed E-state index contributed by atoms with van der Waals surface area (Å²) in [6, 6.07) is 4.90. The molecule has 1 amide bonds. The summed E-state index contributed by atoms with van der Waals surface area (Å²) >= 11 is 0. The number of hydrogen-bond donors (Lipinski definition) is 1. The molecule has 0 spiro atoms. The van der Waals surface area contributed by atoms with Crippen molar-refractivity contribution in [2.75, 3.05) is 33.3 Å². The monoisotopic (exact) mass is 360 g/mol. The third kappa shape index (κ3) is 3.33. The Bertz CT molecular complexity index is 777. The lowest BCUT2D eigenvalue weighted by molar-refractivity contribution is 0.0145. The number of aromatic amines is 1. The van der Waals surface area contributed by atoms with Crippen LogP contribution in [0.1, 0.15) is 36.2 Å². The molecule has 2 fully saturated rings. The third-order valence-electron chi connectivity index (χ3n) is 5.81. The molecule has 7 heteroatoms. The Morgan fingerprint density at radius 3 is 2.62 bits per heavy atom. The molecule has 0 unspecified atom stereocenters. The zero-order valence-corrected chi connectivity index (χ0v) is 15.1. The number of likely N-dealkylation sites (tertiary alicyclic amines) is 2. The van der Waals surface area contributed by atoms with E-state index in [2.05, 4.69) is 15.1 Å². The Morgan fingerprint density at radius 2 is 1.92 bits per heavy atom. The highest BCUT2D eigenvalue weighted by atomic mass is 19.1. The Balaban J connectivity index is 1.37. The van der Waals surface area contributed by atoms with E-state index in [4.69, 9.17) is 4.74 Å². The topological polar surface area (TPSA) is 61.5 Å². The van der Waals surface area contributed by atoms with E-state index in [1.807, 2.05) is 4.90 Å². The lowest BCUT2D eigenvalue weighted by atomic mass is 9.98. The van der Waals surface area contributed by atoms with Crippen molar-refractivity contribution in [1.82, 2.24) is 20.0 Å². The van der Waals surface area contributed by atoms with E-state index in [9.17, 15) is 9.18 Å².